The van der Waals surface area contributed by atoms with Gasteiger partial charge >= 0.3 is 0 Å². The number of nitriles is 2. The zero-order chi connectivity index (χ0) is 52.2. The fourth-order valence-corrected chi connectivity index (χ4v) is 6.67. The number of amides is 3. The highest BCUT2D eigenvalue weighted by molar-refractivity contribution is 6.06. The molecule has 372 valence electrons. The molecule has 0 aliphatic rings. The topological polar surface area (TPSA) is 240 Å². The monoisotopic (exact) mass is 999 g/mol. The molecule has 3 N–H and O–H groups in total. The maximum Gasteiger partial charge on any atom is 0.255 e. The third-order valence-corrected chi connectivity index (χ3v) is 9.87. The van der Waals surface area contributed by atoms with Crippen LogP contribution in [0.2, 0.25) is 0 Å². The van der Waals surface area contributed by atoms with Gasteiger partial charge in [0.1, 0.15) is 42.0 Å². The minimum Gasteiger partial charge on any atom is -0.454 e. The molecule has 9 aromatic rings. The summed E-state index contributed by atoms with van der Waals surface area (Å²) in [5.74, 6) is 0.954. The molecule has 75 heavy (non-hydrogen) atoms. The average molecular weight is 1000 g/mol. The maximum absolute atomic E-state index is 13.8. The second kappa shape index (κ2) is 26.5. The molecule has 3 heterocycles. The Balaban J connectivity index is 0.000000182. The minimum atomic E-state index is -0.524. The fraction of sp³-hybridized carbons (Fsp3) is 0.0702. The van der Waals surface area contributed by atoms with E-state index >= 15 is 0 Å². The number of benzene rings is 6. The summed E-state index contributed by atoms with van der Waals surface area (Å²) >= 11 is 0. The van der Waals surface area contributed by atoms with E-state index in [9.17, 15) is 29.3 Å². The molecule has 0 radical (unpaired) electrons. The van der Waals surface area contributed by atoms with Crippen LogP contribution in [0.25, 0.3) is 0 Å². The smallest absolute Gasteiger partial charge is 0.255 e. The molecule has 0 saturated heterocycles. The third kappa shape index (κ3) is 16.7. The highest BCUT2D eigenvalue weighted by Gasteiger charge is 2.13. The summed E-state index contributed by atoms with van der Waals surface area (Å²) in [7, 11) is 0. The van der Waals surface area contributed by atoms with Crippen molar-refractivity contribution in [1.29, 1.82) is 10.5 Å². The second-order valence-corrected chi connectivity index (χ2v) is 15.9. The first kappa shape index (κ1) is 53.6. The predicted octanol–water partition coefficient (Wildman–Crippen LogP) is 12.0. The molecule has 9 rings (SSSR count). The zero-order valence-corrected chi connectivity index (χ0v) is 39.7. The van der Waals surface area contributed by atoms with Crippen molar-refractivity contribution in [3.8, 4) is 46.6 Å². The Morgan fingerprint density at radius 1 is 0.427 bits per heavy atom. The maximum atomic E-state index is 13.8. The fourth-order valence-electron chi connectivity index (χ4n) is 6.67. The van der Waals surface area contributed by atoms with Crippen LogP contribution in [0.5, 0.6) is 34.5 Å². The van der Waals surface area contributed by atoms with Gasteiger partial charge in [0.05, 0.1) is 60.4 Å². The van der Waals surface area contributed by atoms with Gasteiger partial charge in [0.2, 0.25) is 0 Å². The summed E-state index contributed by atoms with van der Waals surface area (Å²) in [6.07, 6.45) is 13.1. The molecule has 0 fully saturated rings. The van der Waals surface area contributed by atoms with Crippen LogP contribution in [-0.4, -0.2) is 47.6 Å². The number of anilines is 3. The van der Waals surface area contributed by atoms with Gasteiger partial charge in [0, 0.05) is 58.0 Å². The van der Waals surface area contributed by atoms with Crippen LogP contribution in [0, 0.1) is 49.3 Å². The van der Waals surface area contributed by atoms with E-state index in [4.69, 9.17) is 14.2 Å². The average Bonchev–Trinajstić information content (AvgIpc) is 3.39. The lowest BCUT2D eigenvalue weighted by molar-refractivity contribution is 0.101. The number of aromatic nitrogens is 6. The Morgan fingerprint density at radius 3 is 1.04 bits per heavy atom. The van der Waals surface area contributed by atoms with Crippen molar-refractivity contribution in [3.05, 3.63) is 234 Å². The van der Waals surface area contributed by atoms with E-state index in [2.05, 4.69) is 58.0 Å². The number of ether oxygens (including phenoxy) is 3. The van der Waals surface area contributed by atoms with Crippen LogP contribution >= 0.6 is 0 Å². The molecule has 0 atom stereocenters. The Hall–Kier alpha value is -10.7. The largest absolute Gasteiger partial charge is 0.454 e. The van der Waals surface area contributed by atoms with E-state index in [0.717, 1.165) is 16.7 Å². The molecular formula is C57H46FN11O6. The van der Waals surface area contributed by atoms with Gasteiger partial charge in [-0.05, 0) is 87.5 Å². The molecule has 0 spiro atoms. The Kier molecular flexibility index (Phi) is 18.9. The molecule has 0 bridgehead atoms. The number of carbonyl (C=O) groups is 3. The summed E-state index contributed by atoms with van der Waals surface area (Å²) in [6.45, 7) is 5.73. The van der Waals surface area contributed by atoms with E-state index < -0.39 is 5.82 Å². The Labute approximate surface area is 431 Å². The van der Waals surface area contributed by atoms with Gasteiger partial charge in [-0.2, -0.15) is 10.5 Å². The number of nitrogens with zero attached hydrogens (tertiary/aromatic N) is 8. The summed E-state index contributed by atoms with van der Waals surface area (Å²) < 4.78 is 30.6. The molecule has 0 saturated carbocycles. The van der Waals surface area contributed by atoms with Gasteiger partial charge in [-0.15, -0.1) is 0 Å². The second-order valence-electron chi connectivity index (χ2n) is 15.9. The lowest BCUT2D eigenvalue weighted by Crippen LogP contribution is -2.12. The standard InChI is InChI=1S/2C19H14N4O2.C18H14FN3O2.CH4/c2*1-13-3-2-4-15(5-13)19(24)23-16-6-14(9-20)7-17(8-16)25-18-10-21-12-22-11-18;1-12-3-2-4-13(5-12)18(23)22-15-6-14(19)7-16(8-15)24-17-9-20-11-21-10-17;/h2*2-8,10-12H,1H3,(H,23,24);2-11H,1H3,(H,22,23);1H4. The number of aryl methyl sites for hydroxylation is 3. The van der Waals surface area contributed by atoms with E-state index in [-0.39, 0.29) is 30.9 Å². The van der Waals surface area contributed by atoms with E-state index in [0.29, 0.717) is 73.6 Å². The normalized spacial score (nSPS) is 9.89. The molecular weight excluding hydrogens is 954 g/mol. The van der Waals surface area contributed by atoms with Crippen LogP contribution in [0.3, 0.4) is 0 Å². The molecule has 0 aliphatic heterocycles. The summed E-state index contributed by atoms with van der Waals surface area (Å²) in [5, 5.41) is 26.6. The molecule has 6 aromatic carbocycles. The van der Waals surface area contributed by atoms with Gasteiger partial charge < -0.3 is 30.2 Å². The lowest BCUT2D eigenvalue weighted by atomic mass is 10.1. The highest BCUT2D eigenvalue weighted by atomic mass is 19.1. The van der Waals surface area contributed by atoms with Gasteiger partial charge in [0.25, 0.3) is 17.7 Å². The molecule has 0 aliphatic carbocycles. The lowest BCUT2D eigenvalue weighted by Gasteiger charge is -2.10. The number of hydrogen-bond acceptors (Lipinski definition) is 14. The van der Waals surface area contributed by atoms with E-state index in [1.54, 1.807) is 78.9 Å². The van der Waals surface area contributed by atoms with Crippen LogP contribution in [0.4, 0.5) is 21.5 Å². The molecule has 0 unspecified atom stereocenters. The minimum absolute atomic E-state index is 0. The predicted molar refractivity (Wildman–Crippen MR) is 279 cm³/mol. The van der Waals surface area contributed by atoms with Crippen molar-refractivity contribution in [2.75, 3.05) is 16.0 Å². The van der Waals surface area contributed by atoms with Crippen LogP contribution in [0.1, 0.15) is 66.3 Å². The van der Waals surface area contributed by atoms with Crippen molar-refractivity contribution in [1.82, 2.24) is 29.9 Å². The van der Waals surface area contributed by atoms with Crippen molar-refractivity contribution in [3.63, 3.8) is 0 Å². The highest BCUT2D eigenvalue weighted by Crippen LogP contribution is 2.28. The van der Waals surface area contributed by atoms with E-state index in [1.165, 1.54) is 74.4 Å². The summed E-state index contributed by atoms with van der Waals surface area (Å²) in [4.78, 5) is 60.1. The first-order valence-electron chi connectivity index (χ1n) is 22.2. The van der Waals surface area contributed by atoms with Crippen molar-refractivity contribution in [2.45, 2.75) is 28.2 Å². The van der Waals surface area contributed by atoms with Crippen molar-refractivity contribution < 1.29 is 33.0 Å². The van der Waals surface area contributed by atoms with Crippen LogP contribution in [-0.2, 0) is 0 Å². The Bertz CT molecular complexity index is 3350. The van der Waals surface area contributed by atoms with Crippen molar-refractivity contribution in [2.24, 2.45) is 0 Å². The van der Waals surface area contributed by atoms with Gasteiger partial charge in [-0.1, -0.05) is 60.5 Å². The summed E-state index contributed by atoms with van der Waals surface area (Å²) in [5.41, 5.74) is 6.51. The van der Waals surface area contributed by atoms with E-state index in [1.807, 2.05) is 51.1 Å². The Morgan fingerprint density at radius 2 is 0.733 bits per heavy atom. The van der Waals surface area contributed by atoms with Crippen LogP contribution < -0.4 is 30.2 Å². The quantitative estimate of drug-likeness (QED) is 0.103. The number of nitrogens with one attached hydrogen (secondary N) is 3. The van der Waals surface area contributed by atoms with Crippen molar-refractivity contribution >= 4 is 34.8 Å². The first-order chi connectivity index (χ1) is 35.9. The van der Waals surface area contributed by atoms with Crippen LogP contribution in [0.15, 0.2) is 184 Å². The van der Waals surface area contributed by atoms with Gasteiger partial charge in [0.15, 0.2) is 17.2 Å². The van der Waals surface area contributed by atoms with Gasteiger partial charge in [-0.25, -0.2) is 34.3 Å². The summed E-state index contributed by atoms with van der Waals surface area (Å²) in [6, 6.07) is 39.4. The zero-order valence-electron chi connectivity index (χ0n) is 39.7. The molecule has 17 nitrogen and oxygen atoms in total. The molecule has 18 heteroatoms. The number of rotatable bonds is 12. The molecule has 3 amide bonds. The third-order valence-electron chi connectivity index (χ3n) is 9.87. The number of hydrogen-bond donors (Lipinski definition) is 3. The first-order valence-corrected chi connectivity index (χ1v) is 22.2. The molecule has 3 aromatic heterocycles. The van der Waals surface area contributed by atoms with Gasteiger partial charge in [-0.3, -0.25) is 14.4 Å². The SMILES string of the molecule is C.Cc1cccc(C(=O)Nc2cc(C#N)cc(Oc3cncnc3)c2)c1.Cc1cccc(C(=O)Nc2cc(C#N)cc(Oc3cncnc3)c2)c1.Cc1cccc(C(=O)Nc2cc(F)cc(Oc3cncnc3)c2)c1. The number of carbonyl (C=O) groups excluding carboxylic acids is 3. The number of halogens is 1.